The Morgan fingerprint density at radius 2 is 1.63 bits per heavy atom. The van der Waals surface area contributed by atoms with Crippen molar-refractivity contribution < 1.29 is 23.5 Å². The van der Waals surface area contributed by atoms with Gasteiger partial charge < -0.3 is 20.3 Å². The van der Waals surface area contributed by atoms with Gasteiger partial charge in [-0.05, 0) is 55.2 Å². The molecule has 7 nitrogen and oxygen atoms in total. The molecule has 0 aliphatic carbocycles. The van der Waals surface area contributed by atoms with Crippen molar-refractivity contribution in [3.63, 3.8) is 0 Å². The summed E-state index contributed by atoms with van der Waals surface area (Å²) in [7, 11) is 0. The van der Waals surface area contributed by atoms with E-state index in [4.69, 9.17) is 4.74 Å². The van der Waals surface area contributed by atoms with Crippen molar-refractivity contribution in [3.05, 3.63) is 60.4 Å². The quantitative estimate of drug-likeness (QED) is 0.711. The van der Waals surface area contributed by atoms with Crippen molar-refractivity contribution in [1.29, 1.82) is 0 Å². The molecule has 3 rings (SSSR count). The average Bonchev–Trinajstić information content (AvgIpc) is 2.78. The first-order chi connectivity index (χ1) is 14.5. The lowest BCUT2D eigenvalue weighted by Crippen LogP contribution is -2.44. The number of benzene rings is 2. The van der Waals surface area contributed by atoms with Gasteiger partial charge in [0.15, 0.2) is 6.61 Å². The van der Waals surface area contributed by atoms with E-state index in [1.165, 1.54) is 24.3 Å². The van der Waals surface area contributed by atoms with Gasteiger partial charge >= 0.3 is 11.8 Å². The highest BCUT2D eigenvalue weighted by atomic mass is 19.1. The first kappa shape index (κ1) is 21.3. The highest BCUT2D eigenvalue weighted by Crippen LogP contribution is 2.17. The molecular formula is C22H24FN3O4. The number of carbonyl (C=O) groups excluding carboxylic acids is 3. The zero-order chi connectivity index (χ0) is 21.3. The number of anilines is 1. The normalized spacial score (nSPS) is 14.1. The van der Waals surface area contributed by atoms with E-state index in [1.54, 1.807) is 17.0 Å². The zero-order valence-corrected chi connectivity index (χ0v) is 16.5. The van der Waals surface area contributed by atoms with E-state index in [1.807, 2.05) is 18.2 Å². The number of nitrogens with one attached hydrogen (secondary N) is 2. The van der Waals surface area contributed by atoms with E-state index in [0.717, 1.165) is 12.8 Å². The maximum absolute atomic E-state index is 12.9. The van der Waals surface area contributed by atoms with Crippen molar-refractivity contribution in [2.45, 2.75) is 12.8 Å². The van der Waals surface area contributed by atoms with Crippen LogP contribution in [0, 0.1) is 11.7 Å². The summed E-state index contributed by atoms with van der Waals surface area (Å²) in [4.78, 5) is 37.9. The third kappa shape index (κ3) is 6.30. The lowest BCUT2D eigenvalue weighted by atomic mass is 9.96. The number of hydrogen-bond acceptors (Lipinski definition) is 4. The third-order valence-electron chi connectivity index (χ3n) is 4.93. The molecule has 0 aromatic heterocycles. The van der Waals surface area contributed by atoms with Gasteiger partial charge in [0.25, 0.3) is 5.91 Å². The monoisotopic (exact) mass is 413 g/mol. The Morgan fingerprint density at radius 3 is 2.30 bits per heavy atom. The molecule has 0 saturated carbocycles. The van der Waals surface area contributed by atoms with Crippen LogP contribution in [0.5, 0.6) is 5.75 Å². The summed E-state index contributed by atoms with van der Waals surface area (Å²) >= 11 is 0. The van der Waals surface area contributed by atoms with Crippen LogP contribution in [0.3, 0.4) is 0 Å². The molecule has 1 aliphatic heterocycles. The van der Waals surface area contributed by atoms with Gasteiger partial charge in [-0.15, -0.1) is 0 Å². The molecule has 0 unspecified atom stereocenters. The van der Waals surface area contributed by atoms with E-state index in [2.05, 4.69) is 10.6 Å². The highest BCUT2D eigenvalue weighted by molar-refractivity contribution is 6.39. The lowest BCUT2D eigenvalue weighted by molar-refractivity contribution is -0.136. The molecule has 0 radical (unpaired) electrons. The number of carbonyl (C=O) groups is 3. The minimum absolute atomic E-state index is 0.00499. The van der Waals surface area contributed by atoms with Crippen molar-refractivity contribution >= 4 is 23.4 Å². The number of likely N-dealkylation sites (tertiary alicyclic amines) is 1. The Bertz CT molecular complexity index is 866. The molecule has 158 valence electrons. The molecule has 1 aliphatic rings. The van der Waals surface area contributed by atoms with E-state index in [9.17, 15) is 18.8 Å². The van der Waals surface area contributed by atoms with Gasteiger partial charge in [0.1, 0.15) is 11.6 Å². The predicted octanol–water partition coefficient (Wildman–Crippen LogP) is 2.20. The number of hydrogen-bond donors (Lipinski definition) is 2. The van der Waals surface area contributed by atoms with Crippen LogP contribution in [-0.4, -0.2) is 48.9 Å². The second-order valence-electron chi connectivity index (χ2n) is 7.10. The predicted molar refractivity (Wildman–Crippen MR) is 109 cm³/mol. The number of amides is 3. The van der Waals surface area contributed by atoms with Crippen LogP contribution in [0.2, 0.25) is 0 Å². The molecule has 2 N–H and O–H groups in total. The fourth-order valence-corrected chi connectivity index (χ4v) is 3.18. The van der Waals surface area contributed by atoms with Crippen LogP contribution in [0.25, 0.3) is 0 Å². The van der Waals surface area contributed by atoms with Crippen LogP contribution >= 0.6 is 0 Å². The molecule has 30 heavy (non-hydrogen) atoms. The Balaban J connectivity index is 1.35. The molecule has 0 spiro atoms. The molecule has 1 saturated heterocycles. The van der Waals surface area contributed by atoms with Crippen LogP contribution in [0.15, 0.2) is 54.6 Å². The number of nitrogens with zero attached hydrogens (tertiary/aromatic N) is 1. The summed E-state index contributed by atoms with van der Waals surface area (Å²) in [5, 5.41) is 5.04. The topological polar surface area (TPSA) is 87.7 Å². The summed E-state index contributed by atoms with van der Waals surface area (Å²) in [6, 6.07) is 14.3. The van der Waals surface area contributed by atoms with E-state index >= 15 is 0 Å². The number of ether oxygens (including phenoxy) is 1. The summed E-state index contributed by atoms with van der Waals surface area (Å²) < 4.78 is 18.4. The molecule has 8 heteroatoms. The third-order valence-corrected chi connectivity index (χ3v) is 4.93. The van der Waals surface area contributed by atoms with Gasteiger partial charge in [-0.3, -0.25) is 14.4 Å². The Morgan fingerprint density at radius 1 is 0.967 bits per heavy atom. The SMILES string of the molecule is O=C(NCC1CCN(C(=O)COc2ccccc2)CC1)C(=O)Nc1ccc(F)cc1. The van der Waals surface area contributed by atoms with Crippen LogP contribution in [0.1, 0.15) is 12.8 Å². The van der Waals surface area contributed by atoms with Gasteiger partial charge in [0, 0.05) is 25.3 Å². The van der Waals surface area contributed by atoms with E-state index in [-0.39, 0.29) is 18.4 Å². The highest BCUT2D eigenvalue weighted by Gasteiger charge is 2.24. The van der Waals surface area contributed by atoms with Crippen LogP contribution < -0.4 is 15.4 Å². The molecule has 2 aromatic carbocycles. The molecule has 3 amide bonds. The zero-order valence-electron chi connectivity index (χ0n) is 16.5. The van der Waals surface area contributed by atoms with Gasteiger partial charge in [0.05, 0.1) is 0 Å². The molecule has 1 fully saturated rings. The van der Waals surface area contributed by atoms with Crippen LogP contribution in [-0.2, 0) is 14.4 Å². The maximum atomic E-state index is 12.9. The molecule has 0 atom stereocenters. The van der Waals surface area contributed by atoms with Crippen molar-refractivity contribution in [1.82, 2.24) is 10.2 Å². The largest absolute Gasteiger partial charge is 0.484 e. The van der Waals surface area contributed by atoms with Crippen molar-refractivity contribution in [2.24, 2.45) is 5.92 Å². The Kier molecular flexibility index (Phi) is 7.37. The van der Waals surface area contributed by atoms with Crippen molar-refractivity contribution in [2.75, 3.05) is 31.6 Å². The standard InChI is InChI=1S/C22H24FN3O4/c23-17-6-8-18(9-7-17)25-22(29)21(28)24-14-16-10-12-26(13-11-16)20(27)15-30-19-4-2-1-3-5-19/h1-9,16H,10-15H2,(H,24,28)(H,25,29). The van der Waals surface area contributed by atoms with E-state index in [0.29, 0.717) is 31.1 Å². The maximum Gasteiger partial charge on any atom is 0.313 e. The summed E-state index contributed by atoms with van der Waals surface area (Å²) in [6.07, 6.45) is 1.47. The van der Waals surface area contributed by atoms with Gasteiger partial charge in [-0.2, -0.15) is 0 Å². The molecule has 0 bridgehead atoms. The average molecular weight is 413 g/mol. The number of rotatable bonds is 6. The first-order valence-electron chi connectivity index (χ1n) is 9.81. The fourth-order valence-electron chi connectivity index (χ4n) is 3.18. The lowest BCUT2D eigenvalue weighted by Gasteiger charge is -2.32. The van der Waals surface area contributed by atoms with Gasteiger partial charge in [-0.25, -0.2) is 4.39 Å². The Hall–Kier alpha value is -3.42. The second-order valence-corrected chi connectivity index (χ2v) is 7.10. The number of piperidine rings is 1. The Labute approximate surface area is 174 Å². The molecular weight excluding hydrogens is 389 g/mol. The smallest absolute Gasteiger partial charge is 0.313 e. The second kappa shape index (κ2) is 10.4. The van der Waals surface area contributed by atoms with E-state index < -0.39 is 17.6 Å². The van der Waals surface area contributed by atoms with Gasteiger partial charge in [0.2, 0.25) is 0 Å². The summed E-state index contributed by atoms with van der Waals surface area (Å²) in [6.45, 7) is 1.52. The minimum atomic E-state index is -0.799. The first-order valence-corrected chi connectivity index (χ1v) is 9.81. The summed E-state index contributed by atoms with van der Waals surface area (Å²) in [5.74, 6) is -1.19. The van der Waals surface area contributed by atoms with Gasteiger partial charge in [-0.1, -0.05) is 18.2 Å². The summed E-state index contributed by atoms with van der Waals surface area (Å²) in [5.41, 5.74) is 0.348. The van der Waals surface area contributed by atoms with Crippen LogP contribution in [0.4, 0.5) is 10.1 Å². The van der Waals surface area contributed by atoms with Crippen molar-refractivity contribution in [3.8, 4) is 5.75 Å². The fraction of sp³-hybridized carbons (Fsp3) is 0.318. The number of halogens is 1. The number of para-hydroxylation sites is 1. The minimum Gasteiger partial charge on any atom is -0.484 e. The molecule has 2 aromatic rings. The molecule has 1 heterocycles.